The summed E-state index contributed by atoms with van der Waals surface area (Å²) in [4.78, 5) is 4.06. The molecule has 2 heteroatoms. The number of hydrogen-bond acceptors (Lipinski definition) is 2. The third-order valence-corrected chi connectivity index (χ3v) is 3.12. The van der Waals surface area contributed by atoms with Crippen LogP contribution in [-0.4, -0.2) is 17.6 Å². The minimum atomic E-state index is 0.683. The summed E-state index contributed by atoms with van der Waals surface area (Å²) in [5.74, 6) is 0. The van der Waals surface area contributed by atoms with Crippen LogP contribution in [0.5, 0.6) is 0 Å². The molecule has 1 aromatic heterocycles. The summed E-state index contributed by atoms with van der Waals surface area (Å²) in [7, 11) is 0. The fraction of sp³-hybridized carbons (Fsp3) is 0.667. The number of hydrogen-bond donors (Lipinski definition) is 1. The largest absolute Gasteiger partial charge is 0.314 e. The first kappa shape index (κ1) is 14.2. The minimum absolute atomic E-state index is 0.683. The van der Waals surface area contributed by atoms with Gasteiger partial charge in [0.2, 0.25) is 0 Å². The molecule has 1 unspecified atom stereocenters. The van der Waals surface area contributed by atoms with Crippen molar-refractivity contribution in [3.63, 3.8) is 0 Å². The van der Waals surface area contributed by atoms with Gasteiger partial charge in [0.25, 0.3) is 0 Å². The normalized spacial score (nSPS) is 12.6. The highest BCUT2D eigenvalue weighted by atomic mass is 14.9. The van der Waals surface area contributed by atoms with Gasteiger partial charge in [-0.1, -0.05) is 26.7 Å². The van der Waals surface area contributed by atoms with E-state index in [0.29, 0.717) is 6.04 Å². The first-order valence-electron chi connectivity index (χ1n) is 6.99. The Bertz CT molecular complexity index is 264. The van der Waals surface area contributed by atoms with E-state index in [2.05, 4.69) is 36.3 Å². The van der Waals surface area contributed by atoms with Gasteiger partial charge >= 0.3 is 0 Å². The Balaban J connectivity index is 2.31. The third-order valence-electron chi connectivity index (χ3n) is 3.12. The SMILES string of the molecule is CCCCC(CCc1ccncc1)NCCC. The van der Waals surface area contributed by atoms with Crippen LogP contribution in [0, 0.1) is 0 Å². The maximum absolute atomic E-state index is 4.06. The van der Waals surface area contributed by atoms with Crippen molar-refractivity contribution in [1.82, 2.24) is 10.3 Å². The molecule has 0 aromatic carbocycles. The Morgan fingerprint density at radius 2 is 1.88 bits per heavy atom. The average molecular weight is 234 g/mol. The molecular formula is C15H26N2. The van der Waals surface area contributed by atoms with Gasteiger partial charge in [0.1, 0.15) is 0 Å². The maximum Gasteiger partial charge on any atom is 0.0270 e. The summed E-state index contributed by atoms with van der Waals surface area (Å²) in [6.07, 6.45) is 11.3. The highest BCUT2D eigenvalue weighted by molar-refractivity contribution is 5.09. The topological polar surface area (TPSA) is 24.9 Å². The fourth-order valence-corrected chi connectivity index (χ4v) is 2.04. The summed E-state index contributed by atoms with van der Waals surface area (Å²) < 4.78 is 0. The molecule has 0 aliphatic rings. The molecular weight excluding hydrogens is 208 g/mol. The van der Waals surface area contributed by atoms with Gasteiger partial charge in [0.15, 0.2) is 0 Å². The monoisotopic (exact) mass is 234 g/mol. The second-order valence-corrected chi connectivity index (χ2v) is 4.69. The van der Waals surface area contributed by atoms with Gasteiger partial charge in [0, 0.05) is 18.4 Å². The second kappa shape index (κ2) is 9.17. The Hall–Kier alpha value is -0.890. The molecule has 0 fully saturated rings. The lowest BCUT2D eigenvalue weighted by Gasteiger charge is -2.18. The Morgan fingerprint density at radius 1 is 1.12 bits per heavy atom. The van der Waals surface area contributed by atoms with Crippen LogP contribution in [0.25, 0.3) is 0 Å². The number of aromatic nitrogens is 1. The van der Waals surface area contributed by atoms with Crippen LogP contribution in [0.4, 0.5) is 0 Å². The molecule has 0 saturated carbocycles. The van der Waals surface area contributed by atoms with Gasteiger partial charge in [-0.25, -0.2) is 0 Å². The van der Waals surface area contributed by atoms with E-state index >= 15 is 0 Å². The molecule has 0 saturated heterocycles. The maximum atomic E-state index is 4.06. The van der Waals surface area contributed by atoms with Crippen molar-refractivity contribution in [2.24, 2.45) is 0 Å². The molecule has 1 atom stereocenters. The van der Waals surface area contributed by atoms with Crippen molar-refractivity contribution in [3.8, 4) is 0 Å². The molecule has 17 heavy (non-hydrogen) atoms. The lowest BCUT2D eigenvalue weighted by molar-refractivity contribution is 0.439. The second-order valence-electron chi connectivity index (χ2n) is 4.69. The number of rotatable bonds is 9. The molecule has 0 aliphatic heterocycles. The standard InChI is InChI=1S/C15H26N2/c1-3-5-6-15(17-11-4-2)8-7-14-9-12-16-13-10-14/h9-10,12-13,15,17H,3-8,11H2,1-2H3. The van der Waals surface area contributed by atoms with Crippen LogP contribution in [0.1, 0.15) is 51.5 Å². The molecule has 0 aliphatic carbocycles. The number of unbranched alkanes of at least 4 members (excludes halogenated alkanes) is 1. The highest BCUT2D eigenvalue weighted by Crippen LogP contribution is 2.09. The lowest BCUT2D eigenvalue weighted by atomic mass is 10.0. The summed E-state index contributed by atoms with van der Waals surface area (Å²) in [6.45, 7) is 5.64. The van der Waals surface area contributed by atoms with E-state index in [1.54, 1.807) is 0 Å². The van der Waals surface area contributed by atoms with Crippen LogP contribution < -0.4 is 5.32 Å². The summed E-state index contributed by atoms with van der Waals surface area (Å²) in [5, 5.41) is 3.66. The van der Waals surface area contributed by atoms with E-state index < -0.39 is 0 Å². The smallest absolute Gasteiger partial charge is 0.0270 e. The van der Waals surface area contributed by atoms with E-state index in [9.17, 15) is 0 Å². The number of nitrogens with zero attached hydrogens (tertiary/aromatic N) is 1. The number of nitrogens with one attached hydrogen (secondary N) is 1. The van der Waals surface area contributed by atoms with Gasteiger partial charge in [-0.3, -0.25) is 4.98 Å². The van der Waals surface area contributed by atoms with E-state index in [4.69, 9.17) is 0 Å². The van der Waals surface area contributed by atoms with Crippen LogP contribution in [0.2, 0.25) is 0 Å². The van der Waals surface area contributed by atoms with E-state index in [-0.39, 0.29) is 0 Å². The minimum Gasteiger partial charge on any atom is -0.314 e. The van der Waals surface area contributed by atoms with Gasteiger partial charge in [-0.15, -0.1) is 0 Å². The van der Waals surface area contributed by atoms with Crippen LogP contribution in [0.3, 0.4) is 0 Å². The molecule has 1 rings (SSSR count). The first-order chi connectivity index (χ1) is 8.36. The molecule has 0 amide bonds. The van der Waals surface area contributed by atoms with Crippen molar-refractivity contribution in [2.45, 2.75) is 58.4 Å². The number of aryl methyl sites for hydroxylation is 1. The Morgan fingerprint density at radius 3 is 2.53 bits per heavy atom. The summed E-state index contributed by atoms with van der Waals surface area (Å²) >= 11 is 0. The predicted molar refractivity (Wildman–Crippen MR) is 74.2 cm³/mol. The molecule has 0 spiro atoms. The van der Waals surface area contributed by atoms with Crippen molar-refractivity contribution >= 4 is 0 Å². The zero-order chi connectivity index (χ0) is 12.3. The third kappa shape index (κ3) is 6.42. The molecule has 1 heterocycles. The van der Waals surface area contributed by atoms with Crippen LogP contribution >= 0.6 is 0 Å². The summed E-state index contributed by atoms with van der Waals surface area (Å²) in [6, 6.07) is 4.93. The first-order valence-corrected chi connectivity index (χ1v) is 6.99. The van der Waals surface area contributed by atoms with Crippen molar-refractivity contribution < 1.29 is 0 Å². The van der Waals surface area contributed by atoms with Gasteiger partial charge in [-0.05, 0) is 49.9 Å². The Labute approximate surface area is 106 Å². The molecule has 2 nitrogen and oxygen atoms in total. The number of pyridine rings is 1. The van der Waals surface area contributed by atoms with E-state index in [0.717, 1.165) is 13.0 Å². The van der Waals surface area contributed by atoms with Gasteiger partial charge in [0.05, 0.1) is 0 Å². The van der Waals surface area contributed by atoms with Crippen molar-refractivity contribution in [3.05, 3.63) is 30.1 Å². The quantitative estimate of drug-likeness (QED) is 0.706. The Kier molecular flexibility index (Phi) is 7.65. The molecule has 1 N–H and O–H groups in total. The van der Waals surface area contributed by atoms with Crippen molar-refractivity contribution in [1.29, 1.82) is 0 Å². The van der Waals surface area contributed by atoms with Gasteiger partial charge < -0.3 is 5.32 Å². The van der Waals surface area contributed by atoms with Crippen LogP contribution in [-0.2, 0) is 6.42 Å². The molecule has 0 bridgehead atoms. The zero-order valence-electron chi connectivity index (χ0n) is 11.3. The van der Waals surface area contributed by atoms with Crippen molar-refractivity contribution in [2.75, 3.05) is 6.54 Å². The van der Waals surface area contributed by atoms with E-state index in [1.807, 2.05) is 12.4 Å². The van der Waals surface area contributed by atoms with E-state index in [1.165, 1.54) is 37.7 Å². The molecule has 96 valence electrons. The molecule has 1 aromatic rings. The predicted octanol–water partition coefficient (Wildman–Crippen LogP) is 3.57. The zero-order valence-corrected chi connectivity index (χ0v) is 11.3. The molecule has 0 radical (unpaired) electrons. The lowest BCUT2D eigenvalue weighted by Crippen LogP contribution is -2.30. The highest BCUT2D eigenvalue weighted by Gasteiger charge is 2.07. The fourth-order valence-electron chi connectivity index (χ4n) is 2.04. The average Bonchev–Trinajstić information content (AvgIpc) is 2.39. The van der Waals surface area contributed by atoms with Crippen LogP contribution in [0.15, 0.2) is 24.5 Å². The summed E-state index contributed by atoms with van der Waals surface area (Å²) in [5.41, 5.74) is 1.40. The van der Waals surface area contributed by atoms with Gasteiger partial charge in [-0.2, -0.15) is 0 Å².